The number of alkyl carbamates (subject to hydrolysis) is 1. The zero-order chi connectivity index (χ0) is 36.5. The number of hydrogen-bond donors (Lipinski definition) is 5. The fourth-order valence-electron chi connectivity index (χ4n) is 6.51. The summed E-state index contributed by atoms with van der Waals surface area (Å²) in [7, 11) is 0. The highest BCUT2D eigenvalue weighted by Crippen LogP contribution is 2.44. The predicted octanol–water partition coefficient (Wildman–Crippen LogP) is 5.38. The van der Waals surface area contributed by atoms with Crippen molar-refractivity contribution in [2.45, 2.75) is 43.3 Å². The Hall–Kier alpha value is -6.42. The number of fused-ring (bicyclic) bond motifs is 3. The maximum absolute atomic E-state index is 14.0. The van der Waals surface area contributed by atoms with E-state index in [1.165, 1.54) is 12.1 Å². The summed E-state index contributed by atoms with van der Waals surface area (Å²) in [6, 6.07) is 36.5. The lowest BCUT2D eigenvalue weighted by Gasteiger charge is -2.25. The van der Waals surface area contributed by atoms with Crippen LogP contribution in [-0.2, 0) is 38.4 Å². The molecule has 0 spiro atoms. The van der Waals surface area contributed by atoms with Gasteiger partial charge < -0.3 is 30.9 Å². The van der Waals surface area contributed by atoms with Crippen molar-refractivity contribution in [1.29, 1.82) is 0 Å². The molecule has 3 amide bonds. The van der Waals surface area contributed by atoms with Gasteiger partial charge >= 0.3 is 12.1 Å². The molecular formula is C42H39N3O7. The fourth-order valence-corrected chi connectivity index (χ4v) is 6.51. The van der Waals surface area contributed by atoms with Gasteiger partial charge in [0.1, 0.15) is 30.5 Å². The van der Waals surface area contributed by atoms with Gasteiger partial charge in [0.05, 0.1) is 0 Å². The number of carboxylic acids is 1. The van der Waals surface area contributed by atoms with Crippen LogP contribution >= 0.6 is 0 Å². The number of aromatic hydroxyl groups is 1. The first-order chi connectivity index (χ1) is 25.2. The minimum absolute atomic E-state index is 0.0297. The van der Waals surface area contributed by atoms with E-state index in [0.717, 1.165) is 33.4 Å². The zero-order valence-corrected chi connectivity index (χ0v) is 28.3. The third-order valence-corrected chi connectivity index (χ3v) is 9.14. The van der Waals surface area contributed by atoms with Crippen LogP contribution in [0.15, 0.2) is 133 Å². The number of benzene rings is 5. The number of ether oxygens (including phenoxy) is 1. The van der Waals surface area contributed by atoms with Crippen LogP contribution in [0.1, 0.15) is 33.7 Å². The molecule has 0 saturated carbocycles. The first kappa shape index (κ1) is 35.4. The van der Waals surface area contributed by atoms with Crippen molar-refractivity contribution in [3.63, 3.8) is 0 Å². The number of rotatable bonds is 14. The molecule has 0 fully saturated rings. The molecule has 5 aromatic rings. The Bertz CT molecular complexity index is 1970. The molecule has 1 aliphatic carbocycles. The normalized spacial score (nSPS) is 13.5. The van der Waals surface area contributed by atoms with Gasteiger partial charge in [0.2, 0.25) is 11.8 Å². The third kappa shape index (κ3) is 8.83. The second kappa shape index (κ2) is 16.5. The Morgan fingerprint density at radius 3 is 1.48 bits per heavy atom. The molecule has 0 radical (unpaired) electrons. The van der Waals surface area contributed by atoms with Crippen LogP contribution in [0.5, 0.6) is 5.75 Å². The number of phenols is 1. The summed E-state index contributed by atoms with van der Waals surface area (Å²) in [4.78, 5) is 53.4. The van der Waals surface area contributed by atoms with E-state index >= 15 is 0 Å². The monoisotopic (exact) mass is 697 g/mol. The molecule has 264 valence electrons. The van der Waals surface area contributed by atoms with Gasteiger partial charge in [-0.2, -0.15) is 0 Å². The summed E-state index contributed by atoms with van der Waals surface area (Å²) < 4.78 is 5.76. The summed E-state index contributed by atoms with van der Waals surface area (Å²) in [5, 5.41) is 27.7. The Morgan fingerprint density at radius 1 is 0.538 bits per heavy atom. The number of hydrogen-bond acceptors (Lipinski definition) is 6. The molecule has 1 aliphatic rings. The standard InChI is InChI=1S/C42H39N3O7/c46-30-21-19-29(20-22-30)25-38(41(49)50)44-39(47)36(23-27-11-3-1-4-12-27)43-40(48)37(24-28-13-5-2-6-14-28)45-42(51)52-26-35-33-17-9-7-15-31(33)32-16-8-10-18-34(32)35/h1-22,35-38,46H,23-26H2,(H,43,48)(H,44,47)(H,45,51)(H,49,50)/t36-,37-,38-/m0/s1. The number of aliphatic carboxylic acids is 1. The largest absolute Gasteiger partial charge is 0.508 e. The van der Waals surface area contributed by atoms with E-state index in [1.807, 2.05) is 84.9 Å². The number of phenolic OH excluding ortho intramolecular Hbond substituents is 1. The quantitative estimate of drug-likeness (QED) is 0.104. The fraction of sp³-hybridized carbons (Fsp3) is 0.190. The van der Waals surface area contributed by atoms with Gasteiger partial charge in [-0.3, -0.25) is 9.59 Å². The molecule has 6 rings (SSSR count). The van der Waals surface area contributed by atoms with Crippen LogP contribution in [0.4, 0.5) is 4.79 Å². The van der Waals surface area contributed by atoms with Crippen molar-refractivity contribution >= 4 is 23.9 Å². The lowest BCUT2D eigenvalue weighted by atomic mass is 9.98. The highest BCUT2D eigenvalue weighted by atomic mass is 16.5. The number of carbonyl (C=O) groups excluding carboxylic acids is 3. The number of carbonyl (C=O) groups is 4. The molecular weight excluding hydrogens is 658 g/mol. The molecule has 0 unspecified atom stereocenters. The Balaban J connectivity index is 1.18. The van der Waals surface area contributed by atoms with Gasteiger partial charge in [0.15, 0.2) is 0 Å². The first-order valence-corrected chi connectivity index (χ1v) is 17.1. The predicted molar refractivity (Wildman–Crippen MR) is 196 cm³/mol. The van der Waals surface area contributed by atoms with Gasteiger partial charge in [-0.05, 0) is 51.1 Å². The first-order valence-electron chi connectivity index (χ1n) is 17.1. The average Bonchev–Trinajstić information content (AvgIpc) is 3.48. The second-order valence-corrected chi connectivity index (χ2v) is 12.7. The van der Waals surface area contributed by atoms with Crippen LogP contribution < -0.4 is 16.0 Å². The molecule has 10 heteroatoms. The average molecular weight is 698 g/mol. The molecule has 5 aromatic carbocycles. The van der Waals surface area contributed by atoms with Crippen LogP contribution in [-0.4, -0.2) is 58.8 Å². The summed E-state index contributed by atoms with van der Waals surface area (Å²) in [5.41, 5.74) is 6.37. The lowest BCUT2D eigenvalue weighted by molar-refractivity contribution is -0.142. The van der Waals surface area contributed by atoms with E-state index in [-0.39, 0.29) is 37.5 Å². The summed E-state index contributed by atoms with van der Waals surface area (Å²) in [5.74, 6) is -2.75. The molecule has 0 heterocycles. The van der Waals surface area contributed by atoms with Crippen molar-refractivity contribution in [3.05, 3.63) is 161 Å². The van der Waals surface area contributed by atoms with E-state index in [1.54, 1.807) is 36.4 Å². The Morgan fingerprint density at radius 2 is 0.962 bits per heavy atom. The van der Waals surface area contributed by atoms with Crippen molar-refractivity contribution in [3.8, 4) is 16.9 Å². The highest BCUT2D eigenvalue weighted by molar-refractivity contribution is 5.93. The zero-order valence-electron chi connectivity index (χ0n) is 28.3. The van der Waals surface area contributed by atoms with Gasteiger partial charge in [0, 0.05) is 25.2 Å². The van der Waals surface area contributed by atoms with Crippen molar-refractivity contribution in [1.82, 2.24) is 16.0 Å². The Kier molecular flexibility index (Phi) is 11.3. The molecule has 52 heavy (non-hydrogen) atoms. The van der Waals surface area contributed by atoms with E-state index in [4.69, 9.17) is 4.74 Å². The topological polar surface area (TPSA) is 154 Å². The van der Waals surface area contributed by atoms with E-state index < -0.39 is 42.0 Å². The lowest BCUT2D eigenvalue weighted by Crippen LogP contribution is -2.57. The molecule has 0 aliphatic heterocycles. The minimum atomic E-state index is -1.31. The number of nitrogens with one attached hydrogen (secondary N) is 3. The van der Waals surface area contributed by atoms with Crippen LogP contribution in [0.3, 0.4) is 0 Å². The van der Waals surface area contributed by atoms with Crippen LogP contribution in [0.25, 0.3) is 11.1 Å². The molecule has 0 aromatic heterocycles. The Labute approximate surface area is 301 Å². The van der Waals surface area contributed by atoms with Crippen LogP contribution in [0, 0.1) is 0 Å². The number of amides is 3. The van der Waals surface area contributed by atoms with Gasteiger partial charge in [-0.25, -0.2) is 9.59 Å². The van der Waals surface area contributed by atoms with Gasteiger partial charge in [0.25, 0.3) is 0 Å². The van der Waals surface area contributed by atoms with Gasteiger partial charge in [-0.15, -0.1) is 0 Å². The third-order valence-electron chi connectivity index (χ3n) is 9.14. The molecule has 0 saturated heterocycles. The summed E-state index contributed by atoms with van der Waals surface area (Å²) in [6.07, 6.45) is -0.669. The summed E-state index contributed by atoms with van der Waals surface area (Å²) in [6.45, 7) is 0.0518. The number of carboxylic acid groups (broad SMARTS) is 1. The molecule has 0 bridgehead atoms. The summed E-state index contributed by atoms with van der Waals surface area (Å²) >= 11 is 0. The van der Waals surface area contributed by atoms with Gasteiger partial charge in [-0.1, -0.05) is 121 Å². The van der Waals surface area contributed by atoms with Crippen molar-refractivity contribution < 1.29 is 34.1 Å². The van der Waals surface area contributed by atoms with E-state index in [9.17, 15) is 29.4 Å². The van der Waals surface area contributed by atoms with Crippen molar-refractivity contribution in [2.24, 2.45) is 0 Å². The molecule has 10 nitrogen and oxygen atoms in total. The SMILES string of the molecule is O=C(N[C@@H](Cc1ccccc1)C(=O)N[C@@H](Cc1ccccc1)C(=O)N[C@@H](Cc1ccc(O)cc1)C(=O)O)OCC1c2ccccc2-c2ccccc21. The molecule has 5 N–H and O–H groups in total. The van der Waals surface area contributed by atoms with Crippen molar-refractivity contribution in [2.75, 3.05) is 6.61 Å². The maximum Gasteiger partial charge on any atom is 0.407 e. The van der Waals surface area contributed by atoms with Crippen LogP contribution in [0.2, 0.25) is 0 Å². The highest BCUT2D eigenvalue weighted by Gasteiger charge is 2.32. The van der Waals surface area contributed by atoms with E-state index in [0.29, 0.717) is 5.56 Å². The minimum Gasteiger partial charge on any atom is -0.508 e. The second-order valence-electron chi connectivity index (χ2n) is 12.7. The smallest absolute Gasteiger partial charge is 0.407 e. The van der Waals surface area contributed by atoms with E-state index in [2.05, 4.69) is 16.0 Å². The molecule has 3 atom stereocenters. The maximum atomic E-state index is 14.0.